The van der Waals surface area contributed by atoms with E-state index in [1.54, 1.807) is 0 Å². The van der Waals surface area contributed by atoms with Crippen LogP contribution in [0.2, 0.25) is 5.02 Å². The molecule has 4 aromatic rings. The second-order valence-corrected chi connectivity index (χ2v) is 7.60. The van der Waals surface area contributed by atoms with Gasteiger partial charge in [0.05, 0.1) is 15.9 Å². The molecule has 2 aromatic heterocycles. The minimum atomic E-state index is -0.0367. The van der Waals surface area contributed by atoms with Gasteiger partial charge < -0.3 is 9.88 Å². The second-order valence-electron chi connectivity index (χ2n) is 6.21. The second kappa shape index (κ2) is 7.94. The molecule has 0 bridgehead atoms. The number of nitrogens with zero attached hydrogens (tertiary/aromatic N) is 2. The number of fused-ring (bicyclic) bond motifs is 1. The van der Waals surface area contributed by atoms with E-state index in [0.717, 1.165) is 32.3 Å². The van der Waals surface area contributed by atoms with Gasteiger partial charge in [-0.1, -0.05) is 41.9 Å². The van der Waals surface area contributed by atoms with Crippen LogP contribution in [0.4, 0.5) is 0 Å². The van der Waals surface area contributed by atoms with Crippen LogP contribution in [0, 0.1) is 0 Å². The molecule has 0 radical (unpaired) electrons. The van der Waals surface area contributed by atoms with E-state index in [9.17, 15) is 4.79 Å². The summed E-state index contributed by atoms with van der Waals surface area (Å²) < 4.78 is 2.20. The fourth-order valence-electron chi connectivity index (χ4n) is 3.05. The molecule has 0 saturated carbocycles. The van der Waals surface area contributed by atoms with Gasteiger partial charge in [-0.05, 0) is 41.3 Å². The van der Waals surface area contributed by atoms with E-state index in [1.165, 1.54) is 11.3 Å². The van der Waals surface area contributed by atoms with Crippen molar-refractivity contribution in [2.75, 3.05) is 6.54 Å². The van der Waals surface area contributed by atoms with Gasteiger partial charge in [0.25, 0.3) is 5.91 Å². The highest BCUT2D eigenvalue weighted by Crippen LogP contribution is 2.19. The molecule has 4 nitrogen and oxygen atoms in total. The summed E-state index contributed by atoms with van der Waals surface area (Å²) in [5.41, 5.74) is 3.21. The maximum absolute atomic E-state index is 12.1. The third-order valence-corrected chi connectivity index (χ3v) is 5.49. The Hall–Kier alpha value is -2.63. The molecule has 0 aliphatic heterocycles. The van der Waals surface area contributed by atoms with Crippen LogP contribution in [-0.2, 0) is 13.0 Å². The lowest BCUT2D eigenvalue weighted by Crippen LogP contribution is -2.25. The molecule has 0 aliphatic rings. The first-order chi connectivity index (χ1) is 13.2. The van der Waals surface area contributed by atoms with Crippen molar-refractivity contribution in [2.45, 2.75) is 13.0 Å². The van der Waals surface area contributed by atoms with Gasteiger partial charge in [0.2, 0.25) is 0 Å². The van der Waals surface area contributed by atoms with Crippen molar-refractivity contribution in [3.63, 3.8) is 0 Å². The molecule has 1 N–H and O–H groups in total. The number of para-hydroxylation sites is 2. The summed E-state index contributed by atoms with van der Waals surface area (Å²) in [5, 5.41) is 5.61. The summed E-state index contributed by atoms with van der Waals surface area (Å²) in [5.74, 6) is 0.919. The predicted octanol–water partition coefficient (Wildman–Crippen LogP) is 4.77. The molecule has 0 fully saturated rings. The lowest BCUT2D eigenvalue weighted by Gasteiger charge is -2.10. The summed E-state index contributed by atoms with van der Waals surface area (Å²) >= 11 is 7.45. The van der Waals surface area contributed by atoms with E-state index >= 15 is 0 Å². The molecule has 27 heavy (non-hydrogen) atoms. The number of thiophene rings is 1. The van der Waals surface area contributed by atoms with E-state index < -0.39 is 0 Å². The summed E-state index contributed by atoms with van der Waals surface area (Å²) in [7, 11) is 0. The topological polar surface area (TPSA) is 46.9 Å². The molecular formula is C21H18ClN3OS. The Kier molecular flexibility index (Phi) is 5.23. The fraction of sp³-hybridized carbons (Fsp3) is 0.143. The number of hydrogen-bond donors (Lipinski definition) is 1. The number of halogens is 1. The Bertz CT molecular complexity index is 1050. The quantitative estimate of drug-likeness (QED) is 0.511. The third kappa shape index (κ3) is 4.04. The van der Waals surface area contributed by atoms with Crippen LogP contribution in [0.15, 0.2) is 66.0 Å². The SMILES string of the molecule is O=C(NCCc1nc2ccccc2n1Cc1ccc(Cl)cc1)c1cccs1. The van der Waals surface area contributed by atoms with Crippen molar-refractivity contribution >= 4 is 39.9 Å². The van der Waals surface area contributed by atoms with Gasteiger partial charge in [0, 0.05) is 24.5 Å². The minimum absolute atomic E-state index is 0.0367. The van der Waals surface area contributed by atoms with Crippen molar-refractivity contribution in [1.29, 1.82) is 0 Å². The first kappa shape index (κ1) is 17.8. The normalized spacial score (nSPS) is 11.0. The molecule has 0 saturated heterocycles. The zero-order chi connectivity index (χ0) is 18.6. The minimum Gasteiger partial charge on any atom is -0.351 e. The van der Waals surface area contributed by atoms with Crippen molar-refractivity contribution in [3.05, 3.63) is 87.3 Å². The van der Waals surface area contributed by atoms with Gasteiger partial charge in [-0.3, -0.25) is 4.79 Å². The standard InChI is InChI=1S/C21H18ClN3OS/c22-16-9-7-15(8-10-16)14-25-18-5-2-1-4-17(18)24-20(25)11-12-23-21(26)19-6-3-13-27-19/h1-10,13H,11-12,14H2,(H,23,26). The number of amides is 1. The van der Waals surface area contributed by atoms with Gasteiger partial charge in [0.1, 0.15) is 5.82 Å². The van der Waals surface area contributed by atoms with Crippen LogP contribution in [-0.4, -0.2) is 22.0 Å². The smallest absolute Gasteiger partial charge is 0.261 e. The number of nitrogens with one attached hydrogen (secondary N) is 1. The van der Waals surface area contributed by atoms with Crippen LogP contribution >= 0.6 is 22.9 Å². The van der Waals surface area contributed by atoms with E-state index in [4.69, 9.17) is 16.6 Å². The monoisotopic (exact) mass is 395 g/mol. The Morgan fingerprint density at radius 1 is 1.07 bits per heavy atom. The molecule has 0 aliphatic carbocycles. The van der Waals surface area contributed by atoms with E-state index in [2.05, 4.69) is 16.0 Å². The number of rotatable bonds is 6. The first-order valence-corrected chi connectivity index (χ1v) is 9.97. The number of benzene rings is 2. The number of aromatic nitrogens is 2. The highest BCUT2D eigenvalue weighted by molar-refractivity contribution is 7.12. The molecule has 136 valence electrons. The molecule has 4 rings (SSSR count). The Morgan fingerprint density at radius 2 is 1.89 bits per heavy atom. The Balaban J connectivity index is 1.54. The third-order valence-electron chi connectivity index (χ3n) is 4.37. The van der Waals surface area contributed by atoms with Crippen LogP contribution < -0.4 is 5.32 Å². The highest BCUT2D eigenvalue weighted by Gasteiger charge is 2.12. The highest BCUT2D eigenvalue weighted by atomic mass is 35.5. The number of imidazole rings is 1. The molecule has 0 spiro atoms. The van der Waals surface area contributed by atoms with Crippen LogP contribution in [0.1, 0.15) is 21.1 Å². The molecule has 0 atom stereocenters. The molecule has 1 amide bonds. The average molecular weight is 396 g/mol. The van der Waals surface area contributed by atoms with Gasteiger partial charge in [-0.2, -0.15) is 0 Å². The fourth-order valence-corrected chi connectivity index (χ4v) is 3.81. The van der Waals surface area contributed by atoms with Gasteiger partial charge in [0.15, 0.2) is 0 Å². The van der Waals surface area contributed by atoms with Gasteiger partial charge in [-0.25, -0.2) is 4.98 Å². The van der Waals surface area contributed by atoms with E-state index in [-0.39, 0.29) is 5.91 Å². The zero-order valence-electron chi connectivity index (χ0n) is 14.6. The summed E-state index contributed by atoms with van der Waals surface area (Å²) in [4.78, 5) is 17.6. The van der Waals surface area contributed by atoms with Gasteiger partial charge in [-0.15, -0.1) is 11.3 Å². The van der Waals surface area contributed by atoms with Crippen LogP contribution in [0.25, 0.3) is 11.0 Å². The first-order valence-electron chi connectivity index (χ1n) is 8.71. The predicted molar refractivity (Wildman–Crippen MR) is 111 cm³/mol. The summed E-state index contributed by atoms with van der Waals surface area (Å²) in [6, 6.07) is 19.7. The number of carbonyl (C=O) groups excluding carboxylic acids is 1. The lowest BCUT2D eigenvalue weighted by molar-refractivity contribution is 0.0958. The average Bonchev–Trinajstić information content (AvgIpc) is 3.33. The van der Waals surface area contributed by atoms with Crippen molar-refractivity contribution < 1.29 is 4.79 Å². The zero-order valence-corrected chi connectivity index (χ0v) is 16.1. The molecule has 2 aromatic carbocycles. The molecule has 6 heteroatoms. The number of hydrogen-bond acceptors (Lipinski definition) is 3. The van der Waals surface area contributed by atoms with Gasteiger partial charge >= 0.3 is 0 Å². The van der Waals surface area contributed by atoms with Crippen LogP contribution in [0.5, 0.6) is 0 Å². The maximum Gasteiger partial charge on any atom is 0.261 e. The molecule has 0 unspecified atom stereocenters. The maximum atomic E-state index is 12.1. The van der Waals surface area contributed by atoms with E-state index in [0.29, 0.717) is 19.5 Å². The van der Waals surface area contributed by atoms with Crippen molar-refractivity contribution in [3.8, 4) is 0 Å². The summed E-state index contributed by atoms with van der Waals surface area (Å²) in [6.45, 7) is 1.26. The van der Waals surface area contributed by atoms with Crippen LogP contribution in [0.3, 0.4) is 0 Å². The Labute approximate surface area is 166 Å². The largest absolute Gasteiger partial charge is 0.351 e. The molecular weight excluding hydrogens is 378 g/mol. The summed E-state index contributed by atoms with van der Waals surface area (Å²) in [6.07, 6.45) is 0.666. The van der Waals surface area contributed by atoms with Crippen molar-refractivity contribution in [1.82, 2.24) is 14.9 Å². The Morgan fingerprint density at radius 3 is 2.67 bits per heavy atom. The molecule has 2 heterocycles. The van der Waals surface area contributed by atoms with E-state index in [1.807, 2.05) is 60.0 Å². The number of carbonyl (C=O) groups is 1. The van der Waals surface area contributed by atoms with Crippen molar-refractivity contribution in [2.24, 2.45) is 0 Å². The lowest BCUT2D eigenvalue weighted by atomic mass is 10.2.